The minimum absolute atomic E-state index is 0.147. The molecule has 1 aromatic carbocycles. The molecule has 0 saturated heterocycles. The number of hydrogen-bond donors (Lipinski definition) is 1. The zero-order valence-corrected chi connectivity index (χ0v) is 9.58. The third-order valence-corrected chi connectivity index (χ3v) is 2.85. The van der Waals surface area contributed by atoms with Gasteiger partial charge in [-0.25, -0.2) is 4.79 Å². The highest BCUT2D eigenvalue weighted by Gasteiger charge is 2.23. The number of halogens is 1. The van der Waals surface area contributed by atoms with E-state index in [0.717, 1.165) is 5.56 Å². The van der Waals surface area contributed by atoms with E-state index < -0.39 is 5.97 Å². The van der Waals surface area contributed by atoms with E-state index in [4.69, 9.17) is 22.1 Å². The molecule has 0 amide bonds. The number of hydrogen-bond acceptors (Lipinski definition) is 4. The van der Waals surface area contributed by atoms with Crippen molar-refractivity contribution in [1.82, 2.24) is 0 Å². The number of carbonyl (C=O) groups excluding carboxylic acids is 1. The van der Waals surface area contributed by atoms with Gasteiger partial charge in [0, 0.05) is 18.0 Å². The van der Waals surface area contributed by atoms with Crippen LogP contribution in [0.1, 0.15) is 28.4 Å². The first-order valence-corrected chi connectivity index (χ1v) is 5.31. The van der Waals surface area contributed by atoms with Gasteiger partial charge < -0.3 is 15.2 Å². The Labute approximate surface area is 98.3 Å². The molecule has 0 saturated carbocycles. The van der Waals surface area contributed by atoms with Crippen molar-refractivity contribution in [1.29, 1.82) is 0 Å². The molecule has 2 N–H and O–H groups in total. The molecule has 0 spiro atoms. The molecule has 0 aromatic heterocycles. The smallest absolute Gasteiger partial charge is 0.337 e. The van der Waals surface area contributed by atoms with Crippen molar-refractivity contribution in [2.45, 2.75) is 12.5 Å². The van der Waals surface area contributed by atoms with Gasteiger partial charge in [-0.3, -0.25) is 0 Å². The molecule has 0 aliphatic carbocycles. The number of methoxy groups -OCH3 is 1. The molecule has 1 aliphatic rings. The molecular formula is C11H12ClNO3. The molecule has 86 valence electrons. The van der Waals surface area contributed by atoms with Crippen LogP contribution in [-0.2, 0) is 4.74 Å². The zero-order valence-electron chi connectivity index (χ0n) is 8.83. The molecule has 0 unspecified atom stereocenters. The average Bonchev–Trinajstić information content (AvgIpc) is 2.29. The summed E-state index contributed by atoms with van der Waals surface area (Å²) in [7, 11) is 1.33. The van der Waals surface area contributed by atoms with Crippen LogP contribution in [0.4, 0.5) is 0 Å². The lowest BCUT2D eigenvalue weighted by molar-refractivity contribution is 0.0600. The number of benzene rings is 1. The van der Waals surface area contributed by atoms with Crippen molar-refractivity contribution in [2.75, 3.05) is 13.7 Å². The fraction of sp³-hybridized carbons (Fsp3) is 0.364. The first-order valence-electron chi connectivity index (χ1n) is 4.93. The van der Waals surface area contributed by atoms with Crippen LogP contribution in [0.3, 0.4) is 0 Å². The number of fused-ring (bicyclic) bond motifs is 1. The second-order valence-corrected chi connectivity index (χ2v) is 4.02. The van der Waals surface area contributed by atoms with Gasteiger partial charge in [-0.1, -0.05) is 11.6 Å². The van der Waals surface area contributed by atoms with Crippen LogP contribution in [-0.4, -0.2) is 19.7 Å². The molecule has 1 heterocycles. The quantitative estimate of drug-likeness (QED) is 0.763. The van der Waals surface area contributed by atoms with E-state index in [9.17, 15) is 4.79 Å². The summed E-state index contributed by atoms with van der Waals surface area (Å²) in [5.74, 6) is 0.149. The van der Waals surface area contributed by atoms with Crippen molar-refractivity contribution in [3.8, 4) is 5.75 Å². The second kappa shape index (κ2) is 4.31. The highest BCUT2D eigenvalue weighted by atomic mass is 35.5. The Hall–Kier alpha value is -1.26. The number of rotatable bonds is 1. The Kier molecular flexibility index (Phi) is 3.03. The van der Waals surface area contributed by atoms with Crippen molar-refractivity contribution in [2.24, 2.45) is 5.73 Å². The van der Waals surface area contributed by atoms with Gasteiger partial charge in [0.05, 0.1) is 24.3 Å². The van der Waals surface area contributed by atoms with Gasteiger partial charge in [0.15, 0.2) is 0 Å². The van der Waals surface area contributed by atoms with Crippen LogP contribution in [0.2, 0.25) is 5.02 Å². The highest BCUT2D eigenvalue weighted by molar-refractivity contribution is 6.32. The van der Waals surface area contributed by atoms with Gasteiger partial charge >= 0.3 is 5.97 Å². The minimum atomic E-state index is -0.428. The van der Waals surface area contributed by atoms with Crippen LogP contribution in [0.5, 0.6) is 5.75 Å². The summed E-state index contributed by atoms with van der Waals surface area (Å²) >= 11 is 6.03. The van der Waals surface area contributed by atoms with Crippen LogP contribution < -0.4 is 10.5 Å². The SMILES string of the molecule is COC(=O)c1cc(Cl)c2c(c1)[C@@H](N)CCO2. The fourth-order valence-corrected chi connectivity index (χ4v) is 2.00. The van der Waals surface area contributed by atoms with Gasteiger partial charge in [0.25, 0.3) is 0 Å². The highest BCUT2D eigenvalue weighted by Crippen LogP contribution is 2.37. The lowest BCUT2D eigenvalue weighted by Gasteiger charge is -2.24. The topological polar surface area (TPSA) is 61.5 Å². The molecule has 0 bridgehead atoms. The third-order valence-electron chi connectivity index (χ3n) is 2.57. The Bertz CT molecular complexity index is 433. The van der Waals surface area contributed by atoms with E-state index in [-0.39, 0.29) is 6.04 Å². The molecule has 16 heavy (non-hydrogen) atoms. The molecule has 2 rings (SSSR count). The van der Waals surface area contributed by atoms with Gasteiger partial charge in [0.1, 0.15) is 5.75 Å². The van der Waals surface area contributed by atoms with E-state index in [0.29, 0.717) is 29.4 Å². The number of carbonyl (C=O) groups is 1. The van der Waals surface area contributed by atoms with Crippen LogP contribution >= 0.6 is 11.6 Å². The number of nitrogens with two attached hydrogens (primary N) is 1. The maximum absolute atomic E-state index is 11.4. The van der Waals surface area contributed by atoms with Crippen LogP contribution in [0.15, 0.2) is 12.1 Å². The Morgan fingerprint density at radius 3 is 3.06 bits per heavy atom. The molecular weight excluding hydrogens is 230 g/mol. The van der Waals surface area contributed by atoms with Gasteiger partial charge in [-0.05, 0) is 12.1 Å². The summed E-state index contributed by atoms with van der Waals surface area (Å²) in [6, 6.07) is 3.06. The van der Waals surface area contributed by atoms with Crippen molar-refractivity contribution < 1.29 is 14.3 Å². The standard InChI is InChI=1S/C11H12ClNO3/c1-15-11(14)6-4-7-9(13)2-3-16-10(7)8(12)5-6/h4-5,9H,2-3,13H2,1H3/t9-/m0/s1. The second-order valence-electron chi connectivity index (χ2n) is 3.61. The molecule has 1 atom stereocenters. The first kappa shape index (κ1) is 11.2. The largest absolute Gasteiger partial charge is 0.492 e. The summed E-state index contributed by atoms with van der Waals surface area (Å²) in [6.45, 7) is 0.547. The van der Waals surface area contributed by atoms with Crippen LogP contribution in [0.25, 0.3) is 0 Å². The van der Waals surface area contributed by atoms with Gasteiger partial charge in [0.2, 0.25) is 0 Å². The van der Waals surface area contributed by atoms with E-state index in [1.807, 2.05) is 0 Å². The zero-order chi connectivity index (χ0) is 11.7. The van der Waals surface area contributed by atoms with Crippen molar-refractivity contribution in [3.05, 3.63) is 28.3 Å². The lowest BCUT2D eigenvalue weighted by atomic mass is 9.99. The number of esters is 1. The summed E-state index contributed by atoms with van der Waals surface area (Å²) < 4.78 is 10.1. The summed E-state index contributed by atoms with van der Waals surface area (Å²) in [6.07, 6.45) is 0.716. The van der Waals surface area contributed by atoms with E-state index in [1.165, 1.54) is 13.2 Å². The van der Waals surface area contributed by atoms with Gasteiger partial charge in [-0.15, -0.1) is 0 Å². The Balaban J connectivity index is 2.50. The molecule has 1 aliphatic heterocycles. The summed E-state index contributed by atoms with van der Waals surface area (Å²) in [4.78, 5) is 11.4. The van der Waals surface area contributed by atoms with Crippen molar-refractivity contribution in [3.63, 3.8) is 0 Å². The molecule has 0 fully saturated rings. The van der Waals surface area contributed by atoms with Gasteiger partial charge in [-0.2, -0.15) is 0 Å². The monoisotopic (exact) mass is 241 g/mol. The van der Waals surface area contributed by atoms with E-state index in [1.54, 1.807) is 6.07 Å². The normalized spacial score (nSPS) is 18.6. The van der Waals surface area contributed by atoms with Crippen molar-refractivity contribution >= 4 is 17.6 Å². The molecule has 0 radical (unpaired) electrons. The first-order chi connectivity index (χ1) is 7.63. The Morgan fingerprint density at radius 2 is 2.38 bits per heavy atom. The minimum Gasteiger partial charge on any atom is -0.492 e. The summed E-state index contributed by atoms with van der Waals surface area (Å²) in [5, 5.41) is 0.396. The predicted octanol–water partition coefficient (Wildman–Crippen LogP) is 1.91. The lowest BCUT2D eigenvalue weighted by Crippen LogP contribution is -2.21. The maximum Gasteiger partial charge on any atom is 0.337 e. The predicted molar refractivity (Wildman–Crippen MR) is 59.8 cm³/mol. The fourth-order valence-electron chi connectivity index (χ4n) is 1.72. The van der Waals surface area contributed by atoms with E-state index >= 15 is 0 Å². The van der Waals surface area contributed by atoms with Crippen LogP contribution in [0, 0.1) is 0 Å². The number of ether oxygens (including phenoxy) is 2. The summed E-state index contributed by atoms with van der Waals surface area (Å²) in [5.41, 5.74) is 7.09. The third kappa shape index (κ3) is 1.86. The Morgan fingerprint density at radius 1 is 1.62 bits per heavy atom. The molecule has 5 heteroatoms. The average molecular weight is 242 g/mol. The molecule has 1 aromatic rings. The maximum atomic E-state index is 11.4. The van der Waals surface area contributed by atoms with E-state index in [2.05, 4.69) is 4.74 Å². The molecule has 4 nitrogen and oxygen atoms in total.